The van der Waals surface area contributed by atoms with Crippen LogP contribution < -0.4 is 0 Å². The fourth-order valence-electron chi connectivity index (χ4n) is 1.80. The van der Waals surface area contributed by atoms with Gasteiger partial charge in [-0.05, 0) is 11.8 Å². The lowest BCUT2D eigenvalue weighted by atomic mass is 10.1. The summed E-state index contributed by atoms with van der Waals surface area (Å²) in [7, 11) is 0. The molecule has 2 fully saturated rings. The second-order valence-electron chi connectivity index (χ2n) is 2.93. The van der Waals surface area contributed by atoms with Crippen molar-refractivity contribution in [1.82, 2.24) is 0 Å². The van der Waals surface area contributed by atoms with Crippen LogP contribution in [0.4, 0.5) is 0 Å². The maximum atomic E-state index is 10.6. The van der Waals surface area contributed by atoms with Gasteiger partial charge in [-0.25, -0.2) is 0 Å². The number of carbonyl (C=O) groups is 1. The SMILES string of the molecule is N#C[C@H]1[C@H]2CC(=O)C[C@@H]12. The molecular weight excluding hydrogens is 114 g/mol. The predicted molar refractivity (Wildman–Crippen MR) is 30.3 cm³/mol. The van der Waals surface area contributed by atoms with Crippen LogP contribution in [-0.4, -0.2) is 5.78 Å². The van der Waals surface area contributed by atoms with E-state index in [2.05, 4.69) is 6.07 Å². The van der Waals surface area contributed by atoms with Crippen molar-refractivity contribution < 1.29 is 4.79 Å². The highest BCUT2D eigenvalue weighted by Crippen LogP contribution is 2.55. The summed E-state index contributed by atoms with van der Waals surface area (Å²) in [4.78, 5) is 10.6. The molecule has 0 N–H and O–H groups in total. The maximum absolute atomic E-state index is 10.6. The Morgan fingerprint density at radius 2 is 2.00 bits per heavy atom. The van der Waals surface area contributed by atoms with Crippen molar-refractivity contribution in [1.29, 1.82) is 5.26 Å². The van der Waals surface area contributed by atoms with E-state index in [0.29, 0.717) is 30.5 Å². The number of nitriles is 1. The molecule has 0 aromatic carbocycles. The largest absolute Gasteiger partial charge is 0.300 e. The lowest BCUT2D eigenvalue weighted by molar-refractivity contribution is -0.118. The highest BCUT2D eigenvalue weighted by Gasteiger charge is 2.56. The van der Waals surface area contributed by atoms with E-state index in [4.69, 9.17) is 5.26 Å². The first-order valence-electron chi connectivity index (χ1n) is 3.24. The molecule has 2 heteroatoms. The molecule has 0 amide bonds. The van der Waals surface area contributed by atoms with Gasteiger partial charge in [0.15, 0.2) is 0 Å². The van der Waals surface area contributed by atoms with Crippen LogP contribution in [0.2, 0.25) is 0 Å². The van der Waals surface area contributed by atoms with Crippen LogP contribution in [0.5, 0.6) is 0 Å². The molecule has 0 spiro atoms. The first-order chi connectivity index (χ1) is 4.33. The van der Waals surface area contributed by atoms with E-state index in [1.165, 1.54) is 0 Å². The summed E-state index contributed by atoms with van der Waals surface area (Å²) in [6.07, 6.45) is 1.37. The van der Waals surface area contributed by atoms with E-state index in [-0.39, 0.29) is 5.92 Å². The first-order valence-corrected chi connectivity index (χ1v) is 3.24. The van der Waals surface area contributed by atoms with E-state index in [1.807, 2.05) is 0 Å². The van der Waals surface area contributed by atoms with Crippen molar-refractivity contribution in [3.05, 3.63) is 0 Å². The molecule has 0 aromatic heterocycles. The quantitative estimate of drug-likeness (QED) is 0.474. The van der Waals surface area contributed by atoms with Gasteiger partial charge in [0.25, 0.3) is 0 Å². The highest BCUT2D eigenvalue weighted by atomic mass is 16.1. The summed E-state index contributed by atoms with van der Waals surface area (Å²) in [6, 6.07) is 2.21. The second kappa shape index (κ2) is 1.36. The molecule has 3 atom stereocenters. The number of nitrogens with zero attached hydrogens (tertiary/aromatic N) is 1. The normalized spacial score (nSPS) is 46.1. The van der Waals surface area contributed by atoms with E-state index in [0.717, 1.165) is 0 Å². The van der Waals surface area contributed by atoms with Crippen molar-refractivity contribution in [2.45, 2.75) is 12.8 Å². The number of fused-ring (bicyclic) bond motifs is 1. The lowest BCUT2D eigenvalue weighted by Gasteiger charge is -1.88. The zero-order valence-electron chi connectivity index (χ0n) is 5.00. The zero-order chi connectivity index (χ0) is 6.43. The Kier molecular flexibility index (Phi) is 0.751. The third-order valence-corrected chi connectivity index (χ3v) is 2.41. The summed E-state index contributed by atoms with van der Waals surface area (Å²) in [5, 5.41) is 8.44. The third kappa shape index (κ3) is 0.519. The van der Waals surface area contributed by atoms with E-state index < -0.39 is 0 Å². The standard InChI is InChI=1S/C7H7NO/c8-3-7-5-1-4(9)2-6(5)7/h5-7H,1-2H2/t5-,6+,7-. The van der Waals surface area contributed by atoms with Crippen LogP contribution >= 0.6 is 0 Å². The summed E-state index contributed by atoms with van der Waals surface area (Å²) < 4.78 is 0. The Labute approximate surface area is 53.5 Å². The molecule has 0 aliphatic heterocycles. The summed E-state index contributed by atoms with van der Waals surface area (Å²) in [5.74, 6) is 1.52. The molecule has 0 unspecified atom stereocenters. The molecule has 0 saturated heterocycles. The predicted octanol–water partition coefficient (Wildman–Crippen LogP) is 0.735. The smallest absolute Gasteiger partial charge is 0.133 e. The Bertz CT molecular complexity index is 189. The van der Waals surface area contributed by atoms with E-state index >= 15 is 0 Å². The van der Waals surface area contributed by atoms with Crippen LogP contribution in [0.25, 0.3) is 0 Å². The van der Waals surface area contributed by atoms with Gasteiger partial charge in [-0.2, -0.15) is 5.26 Å². The molecule has 46 valence electrons. The first kappa shape index (κ1) is 4.99. The molecular formula is C7H7NO. The van der Waals surface area contributed by atoms with Gasteiger partial charge in [0.2, 0.25) is 0 Å². The fraction of sp³-hybridized carbons (Fsp3) is 0.714. The average molecular weight is 121 g/mol. The number of ketones is 1. The maximum Gasteiger partial charge on any atom is 0.133 e. The Morgan fingerprint density at radius 3 is 2.44 bits per heavy atom. The topological polar surface area (TPSA) is 40.9 Å². The highest BCUT2D eigenvalue weighted by molar-refractivity contribution is 5.83. The minimum Gasteiger partial charge on any atom is -0.300 e. The van der Waals surface area contributed by atoms with Crippen molar-refractivity contribution >= 4 is 5.78 Å². The van der Waals surface area contributed by atoms with Gasteiger partial charge in [0.1, 0.15) is 5.78 Å². The van der Waals surface area contributed by atoms with Gasteiger partial charge in [-0.1, -0.05) is 0 Å². The van der Waals surface area contributed by atoms with Gasteiger partial charge in [0.05, 0.1) is 12.0 Å². The fourth-order valence-corrected chi connectivity index (χ4v) is 1.80. The number of hydrogen-bond acceptors (Lipinski definition) is 2. The van der Waals surface area contributed by atoms with Crippen LogP contribution in [0.3, 0.4) is 0 Å². The summed E-state index contributed by atoms with van der Waals surface area (Å²) in [6.45, 7) is 0. The Balaban J connectivity index is 2.08. The van der Waals surface area contributed by atoms with Crippen molar-refractivity contribution in [2.24, 2.45) is 17.8 Å². The molecule has 2 aliphatic rings. The van der Waals surface area contributed by atoms with Crippen molar-refractivity contribution in [3.8, 4) is 6.07 Å². The molecule has 0 bridgehead atoms. The number of Topliss-reactive ketones (excluding diaryl/α,β-unsaturated/α-hetero) is 1. The number of carbonyl (C=O) groups excluding carboxylic acids is 1. The molecule has 9 heavy (non-hydrogen) atoms. The van der Waals surface area contributed by atoms with Gasteiger partial charge in [-0.3, -0.25) is 4.79 Å². The Morgan fingerprint density at radius 1 is 1.44 bits per heavy atom. The summed E-state index contributed by atoms with van der Waals surface area (Å²) in [5.41, 5.74) is 0. The van der Waals surface area contributed by atoms with Gasteiger partial charge in [0, 0.05) is 12.8 Å². The van der Waals surface area contributed by atoms with Gasteiger partial charge < -0.3 is 0 Å². The monoisotopic (exact) mass is 121 g/mol. The Hall–Kier alpha value is -0.840. The van der Waals surface area contributed by atoms with Crippen LogP contribution in [0.1, 0.15) is 12.8 Å². The molecule has 0 radical (unpaired) electrons. The molecule has 0 heterocycles. The van der Waals surface area contributed by atoms with Crippen LogP contribution in [0.15, 0.2) is 0 Å². The lowest BCUT2D eigenvalue weighted by Crippen LogP contribution is -1.95. The van der Waals surface area contributed by atoms with E-state index in [9.17, 15) is 4.79 Å². The van der Waals surface area contributed by atoms with Crippen molar-refractivity contribution in [2.75, 3.05) is 0 Å². The van der Waals surface area contributed by atoms with Crippen LogP contribution in [0, 0.1) is 29.1 Å². The molecule has 0 aromatic rings. The van der Waals surface area contributed by atoms with Crippen molar-refractivity contribution in [3.63, 3.8) is 0 Å². The van der Waals surface area contributed by atoms with Gasteiger partial charge in [-0.15, -0.1) is 0 Å². The number of rotatable bonds is 0. The summed E-state index contributed by atoms with van der Waals surface area (Å²) >= 11 is 0. The molecule has 2 aliphatic carbocycles. The minimum absolute atomic E-state index is 0.239. The average Bonchev–Trinajstić information content (AvgIpc) is 2.30. The van der Waals surface area contributed by atoms with Crippen LogP contribution in [-0.2, 0) is 4.79 Å². The minimum atomic E-state index is 0.239. The molecule has 2 saturated carbocycles. The molecule has 2 rings (SSSR count). The number of hydrogen-bond donors (Lipinski definition) is 0. The van der Waals surface area contributed by atoms with Gasteiger partial charge >= 0.3 is 0 Å². The molecule has 2 nitrogen and oxygen atoms in total. The zero-order valence-corrected chi connectivity index (χ0v) is 5.00. The second-order valence-corrected chi connectivity index (χ2v) is 2.93. The third-order valence-electron chi connectivity index (χ3n) is 2.41. The van der Waals surface area contributed by atoms with E-state index in [1.54, 1.807) is 0 Å².